The largest absolute Gasteiger partial charge is 0.376 e. The summed E-state index contributed by atoms with van der Waals surface area (Å²) in [4.78, 5) is 54.9. The van der Waals surface area contributed by atoms with Gasteiger partial charge in [0.15, 0.2) is 0 Å². The van der Waals surface area contributed by atoms with E-state index in [1.165, 1.54) is 93.9 Å². The Kier molecular flexibility index (Phi) is 48.4. The first-order valence-electron chi connectivity index (χ1n) is 57.7. The summed E-state index contributed by atoms with van der Waals surface area (Å²) in [6.45, 7) is 151. The molecule has 4 amide bonds. The molecule has 9 heterocycles. The second kappa shape index (κ2) is 51.2. The molecule has 0 aromatic heterocycles. The molecule has 15 nitrogen and oxygen atoms in total. The lowest BCUT2D eigenvalue weighted by atomic mass is 9.67. The molecule has 1 unspecified atom stereocenters. The summed E-state index contributed by atoms with van der Waals surface area (Å²) < 4.78 is 0. The topological polar surface area (TPSA) is 126 Å². The molecule has 0 aromatic rings. The van der Waals surface area contributed by atoms with Crippen molar-refractivity contribution in [2.45, 2.75) is 468 Å². The molecule has 0 bridgehead atoms. The molecule has 9 aliphatic heterocycles. The Balaban J connectivity index is 0.000000834. The smallest absolute Gasteiger partial charge is 0.321 e. The number of hydrogen-bond acceptors (Lipinski definition) is 11. The van der Waals surface area contributed by atoms with Crippen LogP contribution in [0.1, 0.15) is 468 Å². The van der Waals surface area contributed by atoms with Crippen molar-refractivity contribution in [3.8, 4) is 0 Å². The Morgan fingerprint density at radius 1 is 0.293 bits per heavy atom. The average Bonchev–Trinajstić information content (AvgIpc) is 1.56. The predicted molar refractivity (Wildman–Crippen MR) is 663 cm³/mol. The van der Waals surface area contributed by atoms with E-state index in [2.05, 4.69) is 529 Å². The van der Waals surface area contributed by atoms with Crippen molar-refractivity contribution in [2.24, 2.45) is 119 Å². The van der Waals surface area contributed by atoms with E-state index in [1.807, 2.05) is 37.3 Å². The Bertz CT molecular complexity index is 4590. The standard InChI is InChI=1S/C15H28.C14H25NO.C14H25N.C14H27N.C14H25N.C13H24N2O.C13H24N2.C13H23NO.C13H25N.C12H24N2/c1-11-8-9-12(14(2,3)4)13(10-11)15(5,6)7;1-13(2,3)10-8-12(16)15(7)9-11(10)14(4,5)6;1-10-8-11(13(2,3)4)12(15-9-10)14(5,6)7;2*1-13(2,3)11-8-9-15(7)10-12(11)14(4,5)6;1-12(2,3)9-8-15(7)11(16)14-10(9)13(4,5)6;1-12(2,3)10-8-15(7)9-14-11(10)13(4,5)6;1-12(2,3)9-8-14(7)11(15)10(9)13(4,5)6;1-12(2,3)10-8-14(7)9-11(10)13(4,5)6;1-11(2,3)9-8-14(7)13-10(9)12(4,5)6/h11H,8-10H2,1-7H3;8-9H2,1-7H3;9,15H,8H2,1-7H3;8-10H2,1-7H3;8-9H,10H2,1-7H3;8H2,1-7H3,(H,14,16);9H,8H2,1-7H3;8H2,1-7H3;8-9H2,1-7H3;13H,8H2,1-7H3. The Labute approximate surface area is 932 Å². The van der Waals surface area contributed by atoms with Crippen molar-refractivity contribution in [1.29, 1.82) is 0 Å². The fourth-order valence-electron chi connectivity index (χ4n) is 21.2. The molecule has 1 atom stereocenters. The van der Waals surface area contributed by atoms with Gasteiger partial charge in [-0.1, -0.05) is 456 Å². The van der Waals surface area contributed by atoms with Gasteiger partial charge < -0.3 is 45.5 Å². The molecule has 10 rings (SSSR count). The van der Waals surface area contributed by atoms with Crippen molar-refractivity contribution in [1.82, 2.24) is 55.4 Å². The first-order valence-corrected chi connectivity index (χ1v) is 57.7. The number of rotatable bonds is 0. The zero-order valence-electron chi connectivity index (χ0n) is 113. The van der Waals surface area contributed by atoms with E-state index in [-0.39, 0.29) is 93.7 Å². The molecule has 0 spiro atoms. The van der Waals surface area contributed by atoms with Gasteiger partial charge in [-0.15, -0.1) is 0 Å². The number of amides is 4. The van der Waals surface area contributed by atoms with E-state index in [1.54, 1.807) is 49.5 Å². The Morgan fingerprint density at radius 2 is 0.640 bits per heavy atom. The highest BCUT2D eigenvalue weighted by Crippen LogP contribution is 2.51. The minimum atomic E-state index is -0.0511. The van der Waals surface area contributed by atoms with E-state index in [0.717, 1.165) is 82.5 Å². The van der Waals surface area contributed by atoms with Crippen LogP contribution in [0.15, 0.2) is 141 Å². The third-order valence-corrected chi connectivity index (χ3v) is 30.3. The van der Waals surface area contributed by atoms with Crippen molar-refractivity contribution in [2.75, 3.05) is 122 Å². The first-order chi connectivity index (χ1) is 66.0. The van der Waals surface area contributed by atoms with Gasteiger partial charge in [-0.3, -0.25) is 14.5 Å². The molecule has 3 N–H and O–H groups in total. The van der Waals surface area contributed by atoms with E-state index in [9.17, 15) is 14.4 Å². The third kappa shape index (κ3) is 44.7. The minimum Gasteiger partial charge on any atom is -0.376 e. The van der Waals surface area contributed by atoms with Gasteiger partial charge in [0.2, 0.25) is 11.8 Å². The maximum Gasteiger partial charge on any atom is 0.321 e. The van der Waals surface area contributed by atoms with Crippen LogP contribution >= 0.6 is 0 Å². The van der Waals surface area contributed by atoms with Crippen LogP contribution in [0.25, 0.3) is 0 Å². The zero-order chi connectivity index (χ0) is 119. The number of aliphatic imine (C=N–C) groups is 1. The highest BCUT2D eigenvalue weighted by atomic mass is 16.2. The van der Waals surface area contributed by atoms with Crippen LogP contribution in [-0.2, 0) is 9.59 Å². The maximum absolute atomic E-state index is 12.1. The summed E-state index contributed by atoms with van der Waals surface area (Å²) in [6, 6.07) is -0.00192. The molecular weight excluding hydrogens is 1840 g/mol. The van der Waals surface area contributed by atoms with Crippen LogP contribution in [0.4, 0.5) is 4.79 Å². The number of hydrazine groups is 1. The van der Waals surface area contributed by atoms with Crippen LogP contribution in [-0.4, -0.2) is 185 Å². The SMILES string of the molecule is CC1=CNC(C(C)(C)C)=C(C(C)(C)C)C1.CC1CCC(C(C)(C)C)=C(C(C)(C)C)C1.CN1C=CC(C(C)(C)C)=C(C(C)(C)C)C1.CN1C=NC(C(C)(C)C)=C(C(C)(C)C)C1.CN1CC(C(C)(C)C)=C(C(C)(C)C)C1.CN1CC(C(C)(C)C)=C(C(C)(C)C)C1=O.CN1CC(C(C)(C)C)=C(C(C)(C)C)CC1=O.CN1CC(C(C)(C)C)=C(C(C)(C)C)N1.CN1CC(C(C)(C)C)=C(C(C)(C)C)NC1=O.CN1CCC(C(C)(C)C)=C(C(C)(C)C)C1. The summed E-state index contributed by atoms with van der Waals surface area (Å²) in [5.41, 5.74) is 38.3. The monoisotopic (exact) mass is 2090 g/mol. The lowest BCUT2D eigenvalue weighted by molar-refractivity contribution is -0.130. The molecule has 10 aliphatic rings. The van der Waals surface area contributed by atoms with Crippen LogP contribution < -0.4 is 16.1 Å². The number of dihydropyridines is 1. The summed E-state index contributed by atoms with van der Waals surface area (Å²) in [5, 5.41) is 8.68. The summed E-state index contributed by atoms with van der Waals surface area (Å²) in [6.07, 6.45) is 15.5. The number of likely N-dealkylation sites (N-methyl/N-ethyl adjacent to an activating group) is 8. The normalized spacial score (nSPS) is 20.0. The molecule has 0 radical (unpaired) electrons. The van der Waals surface area contributed by atoms with Crippen LogP contribution in [0.3, 0.4) is 0 Å². The molecule has 0 fully saturated rings. The molecule has 0 saturated carbocycles. The molecular formula is C135H250N12O3. The van der Waals surface area contributed by atoms with Crippen molar-refractivity contribution >= 4 is 24.2 Å². The van der Waals surface area contributed by atoms with Gasteiger partial charge in [-0.25, -0.2) is 14.8 Å². The number of carbonyl (C=O) groups is 3. The van der Waals surface area contributed by atoms with Crippen molar-refractivity contribution in [3.05, 3.63) is 136 Å². The van der Waals surface area contributed by atoms with Crippen molar-refractivity contribution in [3.63, 3.8) is 0 Å². The fraction of sp³-hybridized carbons (Fsp3) is 0.793. The number of hydrogen-bond donors (Lipinski definition) is 3. The van der Waals surface area contributed by atoms with Gasteiger partial charge in [0.25, 0.3) is 0 Å². The molecule has 868 valence electrons. The third-order valence-electron chi connectivity index (χ3n) is 30.3. The fourth-order valence-corrected chi connectivity index (χ4v) is 21.2. The van der Waals surface area contributed by atoms with Gasteiger partial charge in [0, 0.05) is 164 Å². The minimum absolute atomic E-state index is 0.00192. The second-order valence-corrected chi connectivity index (χ2v) is 67.0. The molecule has 0 aromatic carbocycles. The molecule has 150 heavy (non-hydrogen) atoms. The van der Waals surface area contributed by atoms with Crippen LogP contribution in [0, 0.1) is 114 Å². The number of nitrogens with zero attached hydrogens (tertiary/aromatic N) is 9. The summed E-state index contributed by atoms with van der Waals surface area (Å²) in [7, 11) is 16.4. The molecule has 0 saturated heterocycles. The number of allylic oxidation sites excluding steroid dienone is 10. The van der Waals surface area contributed by atoms with E-state index in [4.69, 9.17) is 0 Å². The average molecular weight is 2090 g/mol. The van der Waals surface area contributed by atoms with Crippen molar-refractivity contribution < 1.29 is 14.4 Å². The zero-order valence-corrected chi connectivity index (χ0v) is 113. The first kappa shape index (κ1) is 142. The van der Waals surface area contributed by atoms with Gasteiger partial charge in [-0.2, -0.15) is 0 Å². The van der Waals surface area contributed by atoms with Gasteiger partial charge in [-0.05, 0) is 220 Å². The maximum atomic E-state index is 12.1. The Morgan fingerprint density at radius 3 is 0.993 bits per heavy atom. The predicted octanol–water partition coefficient (Wildman–Crippen LogP) is 35.5. The highest BCUT2D eigenvalue weighted by molar-refractivity contribution is 5.98. The number of carbonyl (C=O) groups excluding carboxylic acids is 3. The van der Waals surface area contributed by atoms with E-state index in [0.29, 0.717) is 38.9 Å². The molecule has 1 aliphatic carbocycles. The highest BCUT2D eigenvalue weighted by Gasteiger charge is 2.44. The van der Waals surface area contributed by atoms with E-state index >= 15 is 0 Å². The lowest BCUT2D eigenvalue weighted by Gasteiger charge is -2.40. The summed E-state index contributed by atoms with van der Waals surface area (Å²) >= 11 is 0. The van der Waals surface area contributed by atoms with Crippen LogP contribution in [0.5, 0.6) is 0 Å². The summed E-state index contributed by atoms with van der Waals surface area (Å²) in [5.74, 6) is 1.33. The van der Waals surface area contributed by atoms with Gasteiger partial charge in [0.1, 0.15) is 0 Å². The van der Waals surface area contributed by atoms with Gasteiger partial charge in [0.05, 0.1) is 6.34 Å². The van der Waals surface area contributed by atoms with Gasteiger partial charge >= 0.3 is 6.03 Å². The molecule has 15 heteroatoms. The second-order valence-electron chi connectivity index (χ2n) is 67.0. The quantitative estimate of drug-likeness (QED) is 0.202. The Hall–Kier alpha value is -6.16. The number of nitrogens with one attached hydrogen (secondary N) is 3. The lowest BCUT2D eigenvalue weighted by Crippen LogP contribution is -2.48. The number of urea groups is 1. The van der Waals surface area contributed by atoms with E-state index < -0.39 is 0 Å². The van der Waals surface area contributed by atoms with Crippen LogP contribution in [0.2, 0.25) is 0 Å².